The van der Waals surface area contributed by atoms with E-state index in [1.807, 2.05) is 6.07 Å². The summed E-state index contributed by atoms with van der Waals surface area (Å²) in [7, 11) is 1.68. The number of hydrogen-bond acceptors (Lipinski definition) is 5. The van der Waals surface area contributed by atoms with Crippen molar-refractivity contribution in [2.24, 2.45) is 7.05 Å². The number of ether oxygens (including phenoxy) is 1. The summed E-state index contributed by atoms with van der Waals surface area (Å²) in [4.78, 5) is 17.7. The van der Waals surface area contributed by atoms with Crippen molar-refractivity contribution in [1.29, 1.82) is 5.26 Å². The summed E-state index contributed by atoms with van der Waals surface area (Å²) in [6.45, 7) is 1.16. The number of hydrogen-bond donors (Lipinski definition) is 1. The third kappa shape index (κ3) is 2.89. The summed E-state index contributed by atoms with van der Waals surface area (Å²) < 4.78 is 35.0. The fourth-order valence-electron chi connectivity index (χ4n) is 3.43. The number of aromatic nitrogens is 2. The van der Waals surface area contributed by atoms with Crippen molar-refractivity contribution >= 4 is 22.6 Å². The highest BCUT2D eigenvalue weighted by molar-refractivity contribution is 6.01. The molecule has 0 fully saturated rings. The van der Waals surface area contributed by atoms with E-state index < -0.39 is 18.1 Å². The van der Waals surface area contributed by atoms with Gasteiger partial charge >= 0.3 is 12.0 Å². The topological polar surface area (TPSA) is 91.4 Å². The fraction of sp³-hybridized carbons (Fsp3) is 0.250. The number of carbonyl (C=O) groups is 1. The molecule has 0 radical (unpaired) electrons. The monoisotopic (exact) mass is 398 g/mol. The molecular weight excluding hydrogens is 382 g/mol. The molecule has 4 rings (SSSR count). The summed E-state index contributed by atoms with van der Waals surface area (Å²) in [5.74, 6) is -1.45. The molecule has 1 N–H and O–H groups in total. The number of fused-ring (bicyclic) bond motifs is 2. The Balaban J connectivity index is 1.85. The van der Waals surface area contributed by atoms with E-state index >= 15 is 0 Å². The number of aliphatic hydroxyl groups is 1. The van der Waals surface area contributed by atoms with Crippen LogP contribution in [0.15, 0.2) is 36.4 Å². The fourth-order valence-corrected chi connectivity index (χ4v) is 3.43. The molecule has 9 heteroatoms. The minimum atomic E-state index is -4.08. The normalized spacial score (nSPS) is 16.3. The summed E-state index contributed by atoms with van der Waals surface area (Å²) >= 11 is 0. The van der Waals surface area contributed by atoms with Crippen molar-refractivity contribution in [2.45, 2.75) is 25.7 Å². The Bertz CT molecular complexity index is 1180. The zero-order chi connectivity index (χ0) is 20.9. The van der Waals surface area contributed by atoms with Crippen molar-refractivity contribution in [1.82, 2.24) is 9.55 Å². The van der Waals surface area contributed by atoms with Crippen LogP contribution in [0.2, 0.25) is 0 Å². The maximum atomic E-state index is 14.3. The van der Waals surface area contributed by atoms with Crippen LogP contribution in [-0.4, -0.2) is 26.7 Å². The lowest BCUT2D eigenvalue weighted by atomic mass is 10.1. The van der Waals surface area contributed by atoms with E-state index in [0.29, 0.717) is 22.4 Å². The van der Waals surface area contributed by atoms with Gasteiger partial charge in [0.05, 0.1) is 29.4 Å². The van der Waals surface area contributed by atoms with Crippen LogP contribution in [0.4, 0.5) is 14.5 Å². The molecule has 1 aliphatic heterocycles. The van der Waals surface area contributed by atoms with Crippen LogP contribution >= 0.6 is 0 Å². The predicted octanol–water partition coefficient (Wildman–Crippen LogP) is 3.02. The zero-order valence-corrected chi connectivity index (χ0v) is 15.6. The minimum Gasteiger partial charge on any atom is -0.423 e. The van der Waals surface area contributed by atoms with Gasteiger partial charge in [0.25, 0.3) is 0 Å². The van der Waals surface area contributed by atoms with Gasteiger partial charge in [0.2, 0.25) is 0 Å². The van der Waals surface area contributed by atoms with Gasteiger partial charge in [-0.2, -0.15) is 14.0 Å². The van der Waals surface area contributed by atoms with Gasteiger partial charge in [-0.3, -0.25) is 9.69 Å². The largest absolute Gasteiger partial charge is 0.483 e. The van der Waals surface area contributed by atoms with Gasteiger partial charge in [-0.05, 0) is 25.1 Å². The number of imidazole rings is 1. The molecule has 1 amide bonds. The second kappa shape index (κ2) is 6.53. The van der Waals surface area contributed by atoms with Crippen LogP contribution in [-0.2, 0) is 18.4 Å². The number of nitrogens with zero attached hydrogens (tertiary/aromatic N) is 4. The van der Waals surface area contributed by atoms with Crippen molar-refractivity contribution < 1.29 is 23.4 Å². The number of anilines is 1. The van der Waals surface area contributed by atoms with E-state index in [1.54, 1.807) is 35.9 Å². The molecule has 2 aromatic carbocycles. The maximum Gasteiger partial charge on any atom is 0.483 e. The Kier molecular flexibility index (Phi) is 4.24. The first kappa shape index (κ1) is 18.8. The van der Waals surface area contributed by atoms with Crippen LogP contribution in [0.25, 0.3) is 11.0 Å². The van der Waals surface area contributed by atoms with Crippen molar-refractivity contribution in [3.63, 3.8) is 0 Å². The van der Waals surface area contributed by atoms with E-state index in [0.717, 1.165) is 4.90 Å². The lowest BCUT2D eigenvalue weighted by molar-refractivity contribution is -0.193. The molecule has 7 nitrogen and oxygen atoms in total. The van der Waals surface area contributed by atoms with Gasteiger partial charge in [0.1, 0.15) is 17.4 Å². The molecule has 0 unspecified atom stereocenters. The second-order valence-electron chi connectivity index (χ2n) is 6.75. The molecule has 0 spiro atoms. The highest BCUT2D eigenvalue weighted by atomic mass is 19.3. The molecule has 1 aliphatic rings. The number of benzene rings is 2. The van der Waals surface area contributed by atoms with Gasteiger partial charge in [-0.1, -0.05) is 18.2 Å². The smallest absolute Gasteiger partial charge is 0.423 e. The molecule has 1 atom stereocenters. The zero-order valence-electron chi connectivity index (χ0n) is 15.6. The van der Waals surface area contributed by atoms with Gasteiger partial charge in [0, 0.05) is 12.6 Å². The Hall–Kier alpha value is -3.51. The number of rotatable bonds is 3. The Morgan fingerprint density at radius 2 is 2.03 bits per heavy atom. The molecule has 3 aromatic rings. The van der Waals surface area contributed by atoms with Crippen molar-refractivity contribution in [2.75, 3.05) is 4.90 Å². The summed E-state index contributed by atoms with van der Waals surface area (Å²) in [6.07, 6.45) is -5.15. The Labute approximate surface area is 164 Å². The average molecular weight is 398 g/mol. The van der Waals surface area contributed by atoms with Gasteiger partial charge in [0.15, 0.2) is 5.75 Å². The third-order valence-corrected chi connectivity index (χ3v) is 4.91. The molecule has 2 heterocycles. The standard InChI is InChI=1S/C20H16F2N4O3/c1-11(27)13-6-4-8-15-18(13)29-20(21,22)19(28)26(15)10-16-24-17-12(9-23)5-3-7-14(17)25(16)2/h3-8,11,27H,10H2,1-2H3/t11-/m1/s1. The third-order valence-electron chi connectivity index (χ3n) is 4.91. The Morgan fingerprint density at radius 1 is 1.31 bits per heavy atom. The van der Waals surface area contributed by atoms with Gasteiger partial charge in [-0.25, -0.2) is 4.98 Å². The number of carbonyl (C=O) groups excluding carboxylic acids is 1. The Morgan fingerprint density at radius 3 is 2.72 bits per heavy atom. The SMILES string of the molecule is C[C@@H](O)c1cccc2c1OC(F)(F)C(=O)N2Cc1nc2c(C#N)cccc2n1C. The van der Waals surface area contributed by atoms with Crippen molar-refractivity contribution in [3.05, 3.63) is 53.3 Å². The number of alkyl halides is 2. The lowest BCUT2D eigenvalue weighted by Crippen LogP contribution is -2.51. The average Bonchev–Trinajstić information content (AvgIpc) is 3.00. The van der Waals surface area contributed by atoms with E-state index in [-0.39, 0.29) is 23.5 Å². The molecule has 0 bridgehead atoms. The number of halogens is 2. The van der Waals surface area contributed by atoms with E-state index in [9.17, 15) is 23.9 Å². The number of aliphatic hydroxyl groups excluding tert-OH is 1. The van der Waals surface area contributed by atoms with Crippen LogP contribution in [0.3, 0.4) is 0 Å². The number of amides is 1. The maximum absolute atomic E-state index is 14.3. The minimum absolute atomic E-state index is 0.117. The van der Waals surface area contributed by atoms with Crippen LogP contribution in [0, 0.1) is 11.3 Å². The highest BCUT2D eigenvalue weighted by Crippen LogP contribution is 2.44. The predicted molar refractivity (Wildman–Crippen MR) is 99.3 cm³/mol. The first-order valence-corrected chi connectivity index (χ1v) is 8.78. The molecule has 29 heavy (non-hydrogen) atoms. The quantitative estimate of drug-likeness (QED) is 0.732. The number of aryl methyl sites for hydroxylation is 1. The molecule has 0 saturated carbocycles. The summed E-state index contributed by atoms with van der Waals surface area (Å²) in [6, 6.07) is 11.6. The second-order valence-corrected chi connectivity index (χ2v) is 6.75. The van der Waals surface area contributed by atoms with E-state index in [4.69, 9.17) is 0 Å². The van der Waals surface area contributed by atoms with Gasteiger partial charge < -0.3 is 14.4 Å². The van der Waals surface area contributed by atoms with Crippen LogP contribution in [0.5, 0.6) is 5.75 Å². The first-order chi connectivity index (χ1) is 13.7. The van der Waals surface area contributed by atoms with Gasteiger partial charge in [-0.15, -0.1) is 0 Å². The summed E-state index contributed by atoms with van der Waals surface area (Å²) in [5.41, 5.74) is 1.69. The molecule has 0 aliphatic carbocycles. The highest BCUT2D eigenvalue weighted by Gasteiger charge is 2.51. The number of nitriles is 1. The first-order valence-electron chi connectivity index (χ1n) is 8.78. The molecule has 0 saturated heterocycles. The van der Waals surface area contributed by atoms with Crippen molar-refractivity contribution in [3.8, 4) is 11.8 Å². The molecule has 148 valence electrons. The van der Waals surface area contributed by atoms with E-state index in [1.165, 1.54) is 19.1 Å². The molecular formula is C20H16F2N4O3. The van der Waals surface area contributed by atoms with Crippen LogP contribution < -0.4 is 9.64 Å². The number of para-hydroxylation sites is 2. The molecule has 1 aromatic heterocycles. The van der Waals surface area contributed by atoms with Crippen LogP contribution in [0.1, 0.15) is 30.0 Å². The lowest BCUT2D eigenvalue weighted by Gasteiger charge is -2.34. The summed E-state index contributed by atoms with van der Waals surface area (Å²) in [5, 5.41) is 19.2. The van der Waals surface area contributed by atoms with E-state index in [2.05, 4.69) is 9.72 Å².